The normalized spacial score (nSPS) is 12.9. The minimum atomic E-state index is -4.22. The molecule has 1 amide bonds. The van der Waals surface area contributed by atoms with Gasteiger partial charge in [0.25, 0.3) is 11.5 Å². The van der Waals surface area contributed by atoms with E-state index in [0.29, 0.717) is 28.7 Å². The molecular formula is C25H23BrN3O5P. The topological polar surface area (TPSA) is 111 Å². The van der Waals surface area contributed by atoms with E-state index in [9.17, 15) is 19.0 Å². The number of carbonyl (C=O) groups excluding carboxylic acids is 1. The number of amides is 1. The number of hydrogen-bond donors (Lipinski definition) is 2. The van der Waals surface area contributed by atoms with Crippen molar-refractivity contribution in [2.24, 2.45) is 7.05 Å². The van der Waals surface area contributed by atoms with Gasteiger partial charge in [-0.25, -0.2) is 9.55 Å². The fourth-order valence-electron chi connectivity index (χ4n) is 3.79. The number of fused-ring (bicyclic) bond motifs is 1. The second-order valence-corrected chi connectivity index (χ2v) is 10.3. The zero-order chi connectivity index (χ0) is 25.2. The number of benzene rings is 3. The lowest BCUT2D eigenvalue weighted by molar-refractivity contribution is 0.0966. The highest BCUT2D eigenvalue weighted by atomic mass is 79.9. The molecule has 0 aliphatic rings. The highest BCUT2D eigenvalue weighted by Crippen LogP contribution is 2.37. The molecule has 4 aromatic rings. The molecule has 0 saturated heterocycles. The molecule has 10 heteroatoms. The molecule has 0 aliphatic heterocycles. The standard InChI is InChI=1S/C25H23BrN3O5P/c1-3-34-35(32,33)28-24(30)20-7-5-4-6-18(20)14-16-8-10-17(11-9-16)23-27-22-15-19(26)12-13-21(22)25(31)29(23)2/h4-13,15H,3,14H2,1-2H3,(H2,28,30,32,33). The van der Waals surface area contributed by atoms with Crippen molar-refractivity contribution in [3.8, 4) is 11.4 Å². The van der Waals surface area contributed by atoms with Crippen molar-refractivity contribution in [3.63, 3.8) is 0 Å². The van der Waals surface area contributed by atoms with E-state index in [1.54, 1.807) is 44.3 Å². The van der Waals surface area contributed by atoms with Gasteiger partial charge in [-0.1, -0.05) is 58.4 Å². The average Bonchev–Trinajstić information content (AvgIpc) is 2.82. The van der Waals surface area contributed by atoms with Crippen LogP contribution < -0.4 is 10.6 Å². The fraction of sp³-hybridized carbons (Fsp3) is 0.160. The Labute approximate surface area is 210 Å². The molecule has 1 heterocycles. The van der Waals surface area contributed by atoms with Crippen molar-refractivity contribution in [2.45, 2.75) is 13.3 Å². The predicted molar refractivity (Wildman–Crippen MR) is 138 cm³/mol. The quantitative estimate of drug-likeness (QED) is 0.316. The SMILES string of the molecule is CCOP(=O)(O)NC(=O)c1ccccc1Cc1ccc(-c2nc3cc(Br)ccc3c(=O)n2C)cc1. The van der Waals surface area contributed by atoms with Gasteiger partial charge in [0.1, 0.15) is 5.82 Å². The predicted octanol–water partition coefficient (Wildman–Crippen LogP) is 4.82. The summed E-state index contributed by atoms with van der Waals surface area (Å²) in [4.78, 5) is 39.9. The maximum Gasteiger partial charge on any atom is 0.432 e. The number of carbonyl (C=O) groups is 1. The van der Waals surface area contributed by atoms with Crippen LogP contribution in [0.15, 0.2) is 76.0 Å². The first-order chi connectivity index (χ1) is 16.7. The number of nitrogens with one attached hydrogen (secondary N) is 1. The van der Waals surface area contributed by atoms with E-state index < -0.39 is 13.7 Å². The number of rotatable bonds is 7. The van der Waals surface area contributed by atoms with Crippen molar-refractivity contribution in [1.82, 2.24) is 14.6 Å². The van der Waals surface area contributed by atoms with Crippen LogP contribution in [0, 0.1) is 0 Å². The van der Waals surface area contributed by atoms with E-state index in [1.165, 1.54) is 4.57 Å². The van der Waals surface area contributed by atoms with Gasteiger partial charge in [-0.3, -0.25) is 23.8 Å². The first kappa shape index (κ1) is 25.0. The summed E-state index contributed by atoms with van der Waals surface area (Å²) in [6, 6.07) is 19.8. The molecule has 3 aromatic carbocycles. The number of nitrogens with zero attached hydrogens (tertiary/aromatic N) is 2. The van der Waals surface area contributed by atoms with Gasteiger partial charge < -0.3 is 4.89 Å². The molecule has 2 N–H and O–H groups in total. The molecule has 0 aliphatic carbocycles. The van der Waals surface area contributed by atoms with Gasteiger partial charge in [-0.05, 0) is 48.7 Å². The highest BCUT2D eigenvalue weighted by Gasteiger charge is 2.24. The Kier molecular flexibility index (Phi) is 7.33. The van der Waals surface area contributed by atoms with Crippen LogP contribution in [-0.2, 0) is 22.6 Å². The summed E-state index contributed by atoms with van der Waals surface area (Å²) in [6.07, 6.45) is 0.422. The lowest BCUT2D eigenvalue weighted by Gasteiger charge is -2.14. The van der Waals surface area contributed by atoms with Crippen molar-refractivity contribution in [3.05, 3.63) is 98.2 Å². The van der Waals surface area contributed by atoms with Crippen LogP contribution >= 0.6 is 23.7 Å². The molecule has 0 radical (unpaired) electrons. The van der Waals surface area contributed by atoms with E-state index in [0.717, 1.165) is 15.6 Å². The highest BCUT2D eigenvalue weighted by molar-refractivity contribution is 9.10. The van der Waals surface area contributed by atoms with Crippen molar-refractivity contribution < 1.29 is 18.8 Å². The molecule has 4 rings (SSSR count). The summed E-state index contributed by atoms with van der Waals surface area (Å²) in [6.45, 7) is 1.56. The van der Waals surface area contributed by atoms with Gasteiger partial charge in [0.15, 0.2) is 0 Å². The van der Waals surface area contributed by atoms with Gasteiger partial charge >= 0.3 is 7.75 Å². The molecule has 1 aromatic heterocycles. The van der Waals surface area contributed by atoms with Gasteiger partial charge in [-0.2, -0.15) is 0 Å². The van der Waals surface area contributed by atoms with Crippen molar-refractivity contribution >= 4 is 40.5 Å². The van der Waals surface area contributed by atoms with Crippen LogP contribution in [0.2, 0.25) is 0 Å². The third-order valence-corrected chi connectivity index (χ3v) is 7.04. The van der Waals surface area contributed by atoms with Crippen LogP contribution in [0.4, 0.5) is 0 Å². The molecule has 180 valence electrons. The molecule has 0 bridgehead atoms. The minimum Gasteiger partial charge on any atom is -0.308 e. The van der Waals surface area contributed by atoms with Gasteiger partial charge in [0, 0.05) is 22.6 Å². The number of aromatic nitrogens is 2. The Morgan fingerprint density at radius 3 is 2.57 bits per heavy atom. The van der Waals surface area contributed by atoms with Gasteiger partial charge in [-0.15, -0.1) is 0 Å². The Bertz CT molecular complexity index is 1520. The first-order valence-corrected chi connectivity index (χ1v) is 13.2. The van der Waals surface area contributed by atoms with Gasteiger partial charge in [0.2, 0.25) is 0 Å². The molecule has 35 heavy (non-hydrogen) atoms. The van der Waals surface area contributed by atoms with Crippen molar-refractivity contribution in [1.29, 1.82) is 0 Å². The van der Waals surface area contributed by atoms with Gasteiger partial charge in [0.05, 0.1) is 17.5 Å². The van der Waals surface area contributed by atoms with Crippen LogP contribution in [0.3, 0.4) is 0 Å². The van der Waals surface area contributed by atoms with E-state index in [-0.39, 0.29) is 17.7 Å². The summed E-state index contributed by atoms with van der Waals surface area (Å²) in [5, 5.41) is 2.61. The smallest absolute Gasteiger partial charge is 0.308 e. The van der Waals surface area contributed by atoms with Crippen molar-refractivity contribution in [2.75, 3.05) is 6.61 Å². The number of hydrogen-bond acceptors (Lipinski definition) is 5. The second kappa shape index (κ2) is 10.3. The molecule has 0 fully saturated rings. The largest absolute Gasteiger partial charge is 0.432 e. The maximum absolute atomic E-state index is 12.8. The zero-order valence-corrected chi connectivity index (χ0v) is 21.5. The molecule has 1 unspecified atom stereocenters. The fourth-order valence-corrected chi connectivity index (χ4v) is 4.93. The summed E-state index contributed by atoms with van der Waals surface area (Å²) in [7, 11) is -2.53. The minimum absolute atomic E-state index is 0.00299. The lowest BCUT2D eigenvalue weighted by Crippen LogP contribution is -2.22. The Hall–Kier alpha value is -3.10. The Balaban J connectivity index is 1.61. The van der Waals surface area contributed by atoms with E-state index >= 15 is 0 Å². The molecule has 0 spiro atoms. The third-order valence-electron chi connectivity index (χ3n) is 5.45. The van der Waals surface area contributed by atoms with Crippen LogP contribution in [-0.4, -0.2) is 27.0 Å². The molecular weight excluding hydrogens is 533 g/mol. The van der Waals surface area contributed by atoms with Crippen LogP contribution in [0.1, 0.15) is 28.4 Å². The summed E-state index contributed by atoms with van der Waals surface area (Å²) in [5.41, 5.74) is 3.15. The van der Waals surface area contributed by atoms with Crippen LogP contribution in [0.25, 0.3) is 22.3 Å². The summed E-state index contributed by atoms with van der Waals surface area (Å²) < 4.78 is 19.1. The lowest BCUT2D eigenvalue weighted by atomic mass is 9.98. The van der Waals surface area contributed by atoms with E-state index in [2.05, 4.69) is 26.0 Å². The van der Waals surface area contributed by atoms with E-state index in [4.69, 9.17) is 4.52 Å². The molecule has 0 saturated carbocycles. The average molecular weight is 556 g/mol. The molecule has 8 nitrogen and oxygen atoms in total. The summed E-state index contributed by atoms with van der Waals surface area (Å²) >= 11 is 3.42. The molecule has 1 atom stereocenters. The van der Waals surface area contributed by atoms with E-state index in [1.807, 2.05) is 36.4 Å². The first-order valence-electron chi connectivity index (χ1n) is 10.8. The Morgan fingerprint density at radius 1 is 1.14 bits per heavy atom. The summed E-state index contributed by atoms with van der Waals surface area (Å²) in [5.74, 6) is -0.139. The zero-order valence-electron chi connectivity index (χ0n) is 19.1. The van der Waals surface area contributed by atoms with Crippen LogP contribution in [0.5, 0.6) is 0 Å². The second-order valence-electron chi connectivity index (χ2n) is 7.87. The number of halogens is 1. The Morgan fingerprint density at radius 2 is 1.86 bits per heavy atom. The maximum atomic E-state index is 12.8. The third kappa shape index (κ3) is 5.60. The monoisotopic (exact) mass is 555 g/mol.